The molecule has 0 aromatic heterocycles. The lowest BCUT2D eigenvalue weighted by Crippen LogP contribution is -2.30. The van der Waals surface area contributed by atoms with Gasteiger partial charge in [-0.25, -0.2) is 0 Å². The highest BCUT2D eigenvalue weighted by atomic mass is 16.6. The Balaban J connectivity index is 4.15. The summed E-state index contributed by atoms with van der Waals surface area (Å²) in [6.07, 6.45) is 48.2. The van der Waals surface area contributed by atoms with Crippen LogP contribution in [0.25, 0.3) is 0 Å². The van der Waals surface area contributed by atoms with Crippen molar-refractivity contribution in [1.29, 1.82) is 0 Å². The van der Waals surface area contributed by atoms with Crippen LogP contribution in [0.5, 0.6) is 0 Å². The van der Waals surface area contributed by atoms with Gasteiger partial charge >= 0.3 is 17.9 Å². The van der Waals surface area contributed by atoms with Gasteiger partial charge < -0.3 is 14.2 Å². The van der Waals surface area contributed by atoms with E-state index in [4.69, 9.17) is 14.2 Å². The summed E-state index contributed by atoms with van der Waals surface area (Å²) >= 11 is 0. The normalized spacial score (nSPS) is 11.9. The molecular weight excluding hydrogens is 721 g/mol. The Morgan fingerprint density at radius 2 is 0.569 bits per heavy atom. The molecule has 6 heteroatoms. The third-order valence-corrected chi connectivity index (χ3v) is 11.8. The first-order valence-electron chi connectivity index (χ1n) is 25.9. The van der Waals surface area contributed by atoms with Crippen molar-refractivity contribution in [3.05, 3.63) is 0 Å². The highest BCUT2D eigenvalue weighted by Crippen LogP contribution is 2.17. The van der Waals surface area contributed by atoms with Crippen LogP contribution in [0.15, 0.2) is 0 Å². The number of ether oxygens (including phenoxy) is 3. The van der Waals surface area contributed by atoms with Crippen LogP contribution in [-0.4, -0.2) is 37.2 Å². The zero-order valence-electron chi connectivity index (χ0n) is 39.5. The van der Waals surface area contributed by atoms with Gasteiger partial charge in [0.05, 0.1) is 0 Å². The highest BCUT2D eigenvalue weighted by molar-refractivity contribution is 5.71. The molecule has 0 fully saturated rings. The minimum atomic E-state index is -0.759. The number of hydrogen-bond donors (Lipinski definition) is 0. The molecule has 0 amide bonds. The summed E-state index contributed by atoms with van der Waals surface area (Å²) in [4.78, 5) is 37.8. The van der Waals surface area contributed by atoms with Crippen molar-refractivity contribution in [2.24, 2.45) is 5.92 Å². The van der Waals surface area contributed by atoms with E-state index in [1.54, 1.807) is 0 Å². The van der Waals surface area contributed by atoms with Gasteiger partial charge in [-0.05, 0) is 25.2 Å². The predicted molar refractivity (Wildman–Crippen MR) is 247 cm³/mol. The lowest BCUT2D eigenvalue weighted by Gasteiger charge is -2.18. The third-order valence-electron chi connectivity index (χ3n) is 11.8. The van der Waals surface area contributed by atoms with E-state index in [0.717, 1.165) is 63.7 Å². The summed E-state index contributed by atoms with van der Waals surface area (Å²) in [6.45, 7) is 9.00. The van der Waals surface area contributed by atoms with E-state index in [2.05, 4.69) is 27.7 Å². The predicted octanol–water partition coefficient (Wildman–Crippen LogP) is 16.7. The zero-order valence-corrected chi connectivity index (χ0v) is 39.5. The fraction of sp³-hybridized carbons (Fsp3) is 0.942. The summed E-state index contributed by atoms with van der Waals surface area (Å²) in [6, 6.07) is 0. The second kappa shape index (κ2) is 46.5. The summed E-state index contributed by atoms with van der Waals surface area (Å²) < 4.78 is 16.7. The van der Waals surface area contributed by atoms with Crippen LogP contribution in [0.1, 0.15) is 291 Å². The maximum Gasteiger partial charge on any atom is 0.306 e. The van der Waals surface area contributed by atoms with E-state index in [-0.39, 0.29) is 31.1 Å². The molecule has 0 radical (unpaired) electrons. The Bertz CT molecular complexity index is 872. The maximum atomic E-state index is 12.7. The number of unbranched alkanes of at least 4 members (excludes halogenated alkanes) is 34. The number of carbonyl (C=O) groups is 3. The average molecular weight is 821 g/mol. The first kappa shape index (κ1) is 56.4. The van der Waals surface area contributed by atoms with Gasteiger partial charge in [0.15, 0.2) is 6.10 Å². The minimum Gasteiger partial charge on any atom is -0.462 e. The number of hydrogen-bond acceptors (Lipinski definition) is 6. The van der Waals surface area contributed by atoms with Crippen molar-refractivity contribution in [2.75, 3.05) is 13.2 Å². The van der Waals surface area contributed by atoms with Crippen molar-refractivity contribution < 1.29 is 28.6 Å². The molecule has 0 rings (SSSR count). The second-order valence-corrected chi connectivity index (χ2v) is 18.3. The van der Waals surface area contributed by atoms with Crippen molar-refractivity contribution in [1.82, 2.24) is 0 Å². The van der Waals surface area contributed by atoms with Gasteiger partial charge in [-0.15, -0.1) is 0 Å². The van der Waals surface area contributed by atoms with Gasteiger partial charge in [0.1, 0.15) is 13.2 Å². The molecule has 0 N–H and O–H groups in total. The van der Waals surface area contributed by atoms with Crippen LogP contribution in [0.4, 0.5) is 0 Å². The number of carbonyl (C=O) groups excluding carboxylic acids is 3. The van der Waals surface area contributed by atoms with Gasteiger partial charge in [-0.2, -0.15) is 0 Å². The topological polar surface area (TPSA) is 78.9 Å². The van der Waals surface area contributed by atoms with E-state index in [0.29, 0.717) is 19.3 Å². The Hall–Kier alpha value is -1.59. The van der Waals surface area contributed by atoms with Gasteiger partial charge in [0.2, 0.25) is 0 Å². The third kappa shape index (κ3) is 45.5. The van der Waals surface area contributed by atoms with Crippen LogP contribution in [-0.2, 0) is 28.6 Å². The molecule has 0 aromatic carbocycles. The molecule has 0 bridgehead atoms. The van der Waals surface area contributed by atoms with Gasteiger partial charge in [-0.1, -0.05) is 252 Å². The molecule has 0 aliphatic rings. The largest absolute Gasteiger partial charge is 0.462 e. The van der Waals surface area contributed by atoms with Gasteiger partial charge in [0.25, 0.3) is 0 Å². The molecule has 0 unspecified atom stereocenters. The molecule has 0 aliphatic heterocycles. The Morgan fingerprint density at radius 1 is 0.328 bits per heavy atom. The van der Waals surface area contributed by atoms with Crippen LogP contribution < -0.4 is 0 Å². The smallest absolute Gasteiger partial charge is 0.306 e. The molecule has 0 saturated carbocycles. The van der Waals surface area contributed by atoms with Crippen LogP contribution in [0.3, 0.4) is 0 Å². The maximum absolute atomic E-state index is 12.7. The molecule has 6 nitrogen and oxygen atoms in total. The minimum absolute atomic E-state index is 0.0633. The molecule has 0 heterocycles. The van der Waals surface area contributed by atoms with E-state index in [9.17, 15) is 14.4 Å². The standard InChI is InChI=1S/C52H100O6/c1-5-7-9-11-13-14-15-16-17-18-22-25-28-32-35-39-43-50(53)56-46-49(58-52(55)45-41-37-30-12-10-8-6-2)47-57-51(54)44-40-36-33-29-26-23-20-19-21-24-27-31-34-38-42-48(3)4/h48-49H,5-47H2,1-4H3/t49-/m0/s1. The summed E-state index contributed by atoms with van der Waals surface area (Å²) in [5.74, 6) is -0.00646. The summed E-state index contributed by atoms with van der Waals surface area (Å²) in [5, 5.41) is 0. The van der Waals surface area contributed by atoms with Crippen LogP contribution in [0.2, 0.25) is 0 Å². The van der Waals surface area contributed by atoms with E-state index in [1.165, 1.54) is 186 Å². The van der Waals surface area contributed by atoms with Gasteiger partial charge in [0, 0.05) is 19.3 Å². The number of esters is 3. The fourth-order valence-electron chi connectivity index (χ4n) is 7.86. The monoisotopic (exact) mass is 821 g/mol. The lowest BCUT2D eigenvalue weighted by atomic mass is 10.0. The quantitative estimate of drug-likeness (QED) is 0.0346. The van der Waals surface area contributed by atoms with Crippen molar-refractivity contribution in [3.63, 3.8) is 0 Å². The van der Waals surface area contributed by atoms with Crippen LogP contribution in [0, 0.1) is 5.92 Å². The highest BCUT2D eigenvalue weighted by Gasteiger charge is 2.19. The van der Waals surface area contributed by atoms with E-state index in [1.807, 2.05) is 0 Å². The van der Waals surface area contributed by atoms with Crippen molar-refractivity contribution in [3.8, 4) is 0 Å². The molecule has 58 heavy (non-hydrogen) atoms. The first-order chi connectivity index (χ1) is 28.4. The SMILES string of the molecule is CCCCCCCCCCCCCCCCCCC(=O)OC[C@@H](COC(=O)CCCCCCCCCCCCCCCCC(C)C)OC(=O)CCCCCCCCC. The first-order valence-corrected chi connectivity index (χ1v) is 25.9. The average Bonchev–Trinajstić information content (AvgIpc) is 3.21. The summed E-state index contributed by atoms with van der Waals surface area (Å²) in [5.41, 5.74) is 0. The Kier molecular flexibility index (Phi) is 45.2. The molecule has 0 aliphatic carbocycles. The summed E-state index contributed by atoms with van der Waals surface area (Å²) in [7, 11) is 0. The number of rotatable bonds is 47. The molecule has 0 saturated heterocycles. The van der Waals surface area contributed by atoms with E-state index < -0.39 is 6.10 Å². The molecule has 0 spiro atoms. The van der Waals surface area contributed by atoms with E-state index >= 15 is 0 Å². The lowest BCUT2D eigenvalue weighted by molar-refractivity contribution is -0.167. The van der Waals surface area contributed by atoms with Gasteiger partial charge in [-0.3, -0.25) is 14.4 Å². The van der Waals surface area contributed by atoms with Crippen molar-refractivity contribution in [2.45, 2.75) is 297 Å². The molecule has 344 valence electrons. The molecular formula is C52H100O6. The Morgan fingerprint density at radius 3 is 0.845 bits per heavy atom. The fourth-order valence-corrected chi connectivity index (χ4v) is 7.86. The zero-order chi connectivity index (χ0) is 42.4. The molecule has 0 aromatic rings. The van der Waals surface area contributed by atoms with Crippen molar-refractivity contribution >= 4 is 17.9 Å². The second-order valence-electron chi connectivity index (χ2n) is 18.3. The molecule has 1 atom stereocenters. The van der Waals surface area contributed by atoms with Crippen LogP contribution >= 0.6 is 0 Å². The Labute approximate surface area is 361 Å².